The van der Waals surface area contributed by atoms with Crippen molar-refractivity contribution < 1.29 is 19.1 Å². The molecule has 0 aromatic heterocycles. The first-order valence-electron chi connectivity index (χ1n) is 6.00. The van der Waals surface area contributed by atoms with E-state index < -0.39 is 24.4 Å². The Kier molecular flexibility index (Phi) is 3.84. The summed E-state index contributed by atoms with van der Waals surface area (Å²) < 4.78 is 13.6. The molecule has 0 heterocycles. The van der Waals surface area contributed by atoms with E-state index in [0.29, 0.717) is 0 Å². The molecule has 1 aromatic rings. The van der Waals surface area contributed by atoms with Gasteiger partial charge in [-0.25, -0.2) is 9.18 Å². The van der Waals surface area contributed by atoms with Crippen LogP contribution in [-0.4, -0.2) is 34.6 Å². The van der Waals surface area contributed by atoms with Crippen LogP contribution in [0.3, 0.4) is 0 Å². The smallest absolute Gasteiger partial charge is 0.323 e. The molecule has 1 aliphatic rings. The van der Waals surface area contributed by atoms with Crippen LogP contribution in [0.2, 0.25) is 0 Å². The van der Waals surface area contributed by atoms with Crippen molar-refractivity contribution in [1.29, 1.82) is 5.26 Å². The van der Waals surface area contributed by atoms with E-state index in [-0.39, 0.29) is 17.3 Å². The highest BCUT2D eigenvalue weighted by Crippen LogP contribution is 2.27. The zero-order chi connectivity index (χ0) is 14.7. The molecule has 20 heavy (non-hydrogen) atoms. The van der Waals surface area contributed by atoms with Crippen molar-refractivity contribution in [3.8, 4) is 6.07 Å². The van der Waals surface area contributed by atoms with Crippen LogP contribution < -0.4 is 5.32 Å². The molecule has 2 N–H and O–H groups in total. The Morgan fingerprint density at radius 3 is 2.70 bits per heavy atom. The van der Waals surface area contributed by atoms with Gasteiger partial charge in [-0.15, -0.1) is 0 Å². The number of nitriles is 1. The highest BCUT2D eigenvalue weighted by molar-refractivity contribution is 5.92. The third kappa shape index (κ3) is 3.23. The van der Waals surface area contributed by atoms with Gasteiger partial charge in [0.1, 0.15) is 12.4 Å². The fourth-order valence-electron chi connectivity index (χ4n) is 1.77. The number of urea groups is 1. The maximum Gasteiger partial charge on any atom is 0.323 e. The Hall–Kier alpha value is -2.62. The molecule has 1 aromatic carbocycles. The minimum absolute atomic E-state index is 0.0787. The quantitative estimate of drug-likeness (QED) is 0.877. The zero-order valence-corrected chi connectivity index (χ0v) is 10.5. The van der Waals surface area contributed by atoms with E-state index in [9.17, 15) is 14.0 Å². The monoisotopic (exact) mass is 277 g/mol. The maximum atomic E-state index is 13.6. The van der Waals surface area contributed by atoms with Crippen molar-refractivity contribution in [3.05, 3.63) is 29.6 Å². The van der Waals surface area contributed by atoms with E-state index in [1.807, 2.05) is 0 Å². The van der Waals surface area contributed by atoms with Crippen LogP contribution in [0, 0.1) is 17.1 Å². The van der Waals surface area contributed by atoms with Gasteiger partial charge >= 0.3 is 12.0 Å². The van der Waals surface area contributed by atoms with Gasteiger partial charge in [-0.3, -0.25) is 4.79 Å². The molecule has 2 amide bonds. The van der Waals surface area contributed by atoms with Crippen molar-refractivity contribution in [1.82, 2.24) is 4.90 Å². The first kappa shape index (κ1) is 13.8. The van der Waals surface area contributed by atoms with Gasteiger partial charge in [0.05, 0.1) is 17.3 Å². The number of nitrogens with one attached hydrogen (secondary N) is 1. The van der Waals surface area contributed by atoms with E-state index in [1.165, 1.54) is 17.0 Å². The predicted molar refractivity (Wildman–Crippen MR) is 67.5 cm³/mol. The summed E-state index contributed by atoms with van der Waals surface area (Å²) in [7, 11) is 0. The lowest BCUT2D eigenvalue weighted by atomic mass is 10.2. The number of nitrogens with zero attached hydrogens (tertiary/aromatic N) is 2. The molecule has 1 fully saturated rings. The van der Waals surface area contributed by atoms with E-state index in [0.717, 1.165) is 18.9 Å². The van der Waals surface area contributed by atoms with Crippen LogP contribution >= 0.6 is 0 Å². The minimum atomic E-state index is -1.12. The van der Waals surface area contributed by atoms with Gasteiger partial charge in [-0.1, -0.05) is 0 Å². The minimum Gasteiger partial charge on any atom is -0.480 e. The van der Waals surface area contributed by atoms with Crippen LogP contribution in [0.4, 0.5) is 14.9 Å². The van der Waals surface area contributed by atoms with Crippen LogP contribution in [-0.2, 0) is 4.79 Å². The Balaban J connectivity index is 2.10. The number of carboxylic acids is 1. The molecule has 0 spiro atoms. The standard InChI is InChI=1S/C13H12FN3O3/c14-10-5-8(6-15)1-4-11(10)16-13(20)17(7-12(18)19)9-2-3-9/h1,4-5,9H,2-3,7H2,(H,16,20)(H,18,19). The van der Waals surface area contributed by atoms with Crippen LogP contribution in [0.15, 0.2) is 18.2 Å². The molecular formula is C13H12FN3O3. The summed E-state index contributed by atoms with van der Waals surface area (Å²) in [5, 5.41) is 19.7. The van der Waals surface area contributed by atoms with E-state index in [4.69, 9.17) is 10.4 Å². The molecule has 0 radical (unpaired) electrons. The van der Waals surface area contributed by atoms with E-state index in [1.54, 1.807) is 6.07 Å². The van der Waals surface area contributed by atoms with Gasteiger partial charge in [0.15, 0.2) is 0 Å². The number of aliphatic carboxylic acids is 1. The SMILES string of the molecule is N#Cc1ccc(NC(=O)N(CC(=O)O)C2CC2)c(F)c1. The summed E-state index contributed by atoms with van der Waals surface area (Å²) in [6, 6.07) is 4.68. The summed E-state index contributed by atoms with van der Waals surface area (Å²) in [6.45, 7) is -0.422. The molecule has 0 saturated heterocycles. The number of carboxylic acid groups (broad SMARTS) is 1. The molecule has 7 heteroatoms. The fourth-order valence-corrected chi connectivity index (χ4v) is 1.77. The molecule has 6 nitrogen and oxygen atoms in total. The Labute approximate surface area is 114 Å². The number of halogens is 1. The third-order valence-electron chi connectivity index (χ3n) is 2.89. The number of benzene rings is 1. The molecule has 0 atom stereocenters. The molecule has 0 aliphatic heterocycles. The van der Waals surface area contributed by atoms with Crippen molar-refractivity contribution in [3.63, 3.8) is 0 Å². The summed E-state index contributed by atoms with van der Waals surface area (Å²) in [5.41, 5.74) is 0.0649. The van der Waals surface area contributed by atoms with Gasteiger partial charge in [0, 0.05) is 6.04 Å². The molecular weight excluding hydrogens is 265 g/mol. The topological polar surface area (TPSA) is 93.4 Å². The van der Waals surface area contributed by atoms with E-state index in [2.05, 4.69) is 5.32 Å². The second kappa shape index (κ2) is 5.57. The van der Waals surface area contributed by atoms with Crippen LogP contribution in [0.25, 0.3) is 0 Å². The highest BCUT2D eigenvalue weighted by Gasteiger charge is 2.34. The number of hydrogen-bond acceptors (Lipinski definition) is 3. The first-order valence-corrected chi connectivity index (χ1v) is 6.00. The molecule has 1 saturated carbocycles. The Morgan fingerprint density at radius 1 is 1.50 bits per heavy atom. The van der Waals surface area contributed by atoms with Gasteiger partial charge in [0.2, 0.25) is 0 Å². The lowest BCUT2D eigenvalue weighted by Crippen LogP contribution is -2.40. The first-order chi connectivity index (χ1) is 9.51. The largest absolute Gasteiger partial charge is 0.480 e. The molecule has 1 aliphatic carbocycles. The fraction of sp³-hybridized carbons (Fsp3) is 0.308. The number of anilines is 1. The van der Waals surface area contributed by atoms with Crippen LogP contribution in [0.5, 0.6) is 0 Å². The maximum absolute atomic E-state index is 13.6. The average Bonchev–Trinajstić information content (AvgIpc) is 3.22. The van der Waals surface area contributed by atoms with Crippen molar-refractivity contribution >= 4 is 17.7 Å². The lowest BCUT2D eigenvalue weighted by Gasteiger charge is -2.20. The second-order valence-electron chi connectivity index (χ2n) is 4.49. The number of hydrogen-bond donors (Lipinski definition) is 2. The number of amides is 2. The predicted octanol–water partition coefficient (Wildman–Crippen LogP) is 1.78. The van der Waals surface area contributed by atoms with Gasteiger partial charge in [-0.05, 0) is 31.0 Å². The van der Waals surface area contributed by atoms with E-state index >= 15 is 0 Å². The van der Waals surface area contributed by atoms with Gasteiger partial charge in [-0.2, -0.15) is 5.26 Å². The Morgan fingerprint density at radius 2 is 2.20 bits per heavy atom. The number of carbonyl (C=O) groups is 2. The van der Waals surface area contributed by atoms with Crippen LogP contribution in [0.1, 0.15) is 18.4 Å². The molecule has 0 unspecified atom stereocenters. The van der Waals surface area contributed by atoms with Crippen molar-refractivity contribution in [2.75, 3.05) is 11.9 Å². The Bertz CT molecular complexity index is 593. The number of carbonyl (C=O) groups excluding carboxylic acids is 1. The van der Waals surface area contributed by atoms with Gasteiger partial charge < -0.3 is 15.3 Å². The van der Waals surface area contributed by atoms with Crippen molar-refractivity contribution in [2.24, 2.45) is 0 Å². The normalized spacial score (nSPS) is 13.4. The van der Waals surface area contributed by atoms with Gasteiger partial charge in [0.25, 0.3) is 0 Å². The summed E-state index contributed by atoms with van der Waals surface area (Å²) in [5.74, 6) is -1.85. The highest BCUT2D eigenvalue weighted by atomic mass is 19.1. The summed E-state index contributed by atoms with van der Waals surface area (Å²) in [4.78, 5) is 23.8. The second-order valence-corrected chi connectivity index (χ2v) is 4.49. The zero-order valence-electron chi connectivity index (χ0n) is 10.5. The molecule has 0 bridgehead atoms. The number of rotatable bonds is 4. The summed E-state index contributed by atoms with van der Waals surface area (Å²) >= 11 is 0. The molecule has 104 valence electrons. The third-order valence-corrected chi connectivity index (χ3v) is 2.89. The summed E-state index contributed by atoms with van der Waals surface area (Å²) in [6.07, 6.45) is 1.49. The average molecular weight is 277 g/mol. The molecule has 2 rings (SSSR count). The van der Waals surface area contributed by atoms with Crippen molar-refractivity contribution in [2.45, 2.75) is 18.9 Å². The lowest BCUT2D eigenvalue weighted by molar-refractivity contribution is -0.137.